The van der Waals surface area contributed by atoms with Gasteiger partial charge in [-0.15, -0.1) is 0 Å². The Hall–Kier alpha value is -2.84. The molecule has 1 heterocycles. The second-order valence-electron chi connectivity index (χ2n) is 8.27. The maximum absolute atomic E-state index is 13.3. The average molecular weight is 561 g/mol. The van der Waals surface area contributed by atoms with Crippen LogP contribution in [0.25, 0.3) is 0 Å². The van der Waals surface area contributed by atoms with Gasteiger partial charge in [-0.25, -0.2) is 0 Å². The van der Waals surface area contributed by atoms with Crippen molar-refractivity contribution in [2.24, 2.45) is 5.73 Å². The Morgan fingerprint density at radius 2 is 1.63 bits per heavy atom. The van der Waals surface area contributed by atoms with Gasteiger partial charge in [0.1, 0.15) is 11.5 Å². The number of carbonyl (C=O) groups is 2. The molecular weight excluding hydrogens is 524 g/mol. The van der Waals surface area contributed by atoms with Gasteiger partial charge in [0.05, 0.1) is 44.1 Å². The van der Waals surface area contributed by atoms with Crippen molar-refractivity contribution in [2.75, 3.05) is 36.7 Å². The zero-order valence-corrected chi connectivity index (χ0v) is 23.8. The van der Waals surface area contributed by atoms with Crippen LogP contribution in [0, 0.1) is 11.8 Å². The smallest absolute Gasteiger partial charge is 0.227 e. The highest BCUT2D eigenvalue weighted by molar-refractivity contribution is 7.94. The number of rotatable bonds is 13. The standard InChI is InChI=1S/C25H28N2O6S2.C3H8/c1-31-35-14-12-33-22-10-8-19-6-5-18-7-9-21(32-11-13-34-30)15-20(18)17-27(23(19)16-22)25(29)4-2-3-24(26)28;1-3-2/h7-10,15-16,30H,2-4,11-14,17H2,1H3,(H2,26,28);3H2,1-2H3. The summed E-state index contributed by atoms with van der Waals surface area (Å²) in [6.07, 6.45) is 1.93. The summed E-state index contributed by atoms with van der Waals surface area (Å²) in [4.78, 5) is 26.2. The molecule has 1 aliphatic rings. The van der Waals surface area contributed by atoms with Gasteiger partial charge in [-0.3, -0.25) is 9.59 Å². The van der Waals surface area contributed by atoms with Gasteiger partial charge < -0.3 is 28.8 Å². The Bertz CT molecular complexity index is 1120. The van der Waals surface area contributed by atoms with E-state index >= 15 is 0 Å². The molecule has 3 rings (SSSR count). The van der Waals surface area contributed by atoms with E-state index in [0.717, 1.165) is 23.2 Å². The van der Waals surface area contributed by atoms with Gasteiger partial charge in [0.15, 0.2) is 0 Å². The highest BCUT2D eigenvalue weighted by atomic mass is 32.2. The molecular formula is C28H36N2O6S2. The van der Waals surface area contributed by atoms with Gasteiger partial charge >= 0.3 is 0 Å². The highest BCUT2D eigenvalue weighted by Crippen LogP contribution is 2.31. The molecule has 2 aromatic rings. The third-order valence-electron chi connectivity index (χ3n) is 5.11. The maximum Gasteiger partial charge on any atom is 0.227 e. The predicted molar refractivity (Wildman–Crippen MR) is 155 cm³/mol. The predicted octanol–water partition coefficient (Wildman–Crippen LogP) is 5.26. The molecule has 0 atom stereocenters. The summed E-state index contributed by atoms with van der Waals surface area (Å²) in [7, 11) is 1.61. The molecule has 0 radical (unpaired) electrons. The summed E-state index contributed by atoms with van der Waals surface area (Å²) in [5.74, 6) is 8.17. The van der Waals surface area contributed by atoms with Crippen molar-refractivity contribution in [3.05, 3.63) is 53.1 Å². The Labute approximate surface area is 234 Å². The van der Waals surface area contributed by atoms with Crippen LogP contribution < -0.4 is 20.1 Å². The Kier molecular flexibility index (Phi) is 14.6. The molecule has 0 spiro atoms. The fourth-order valence-corrected chi connectivity index (χ4v) is 3.95. The zero-order valence-electron chi connectivity index (χ0n) is 22.2. The fraction of sp³-hybridized carbons (Fsp3) is 0.429. The number of carbonyl (C=O) groups excluding carboxylic acids is 2. The molecule has 2 amide bonds. The Morgan fingerprint density at radius 1 is 1.00 bits per heavy atom. The molecule has 1 aliphatic heterocycles. The minimum absolute atomic E-state index is 0.141. The lowest BCUT2D eigenvalue weighted by molar-refractivity contribution is -0.119. The van der Waals surface area contributed by atoms with Gasteiger partial charge in [0.2, 0.25) is 11.8 Å². The third kappa shape index (κ3) is 10.5. The minimum Gasteiger partial charge on any atom is -0.493 e. The number of primary amides is 1. The molecule has 0 saturated heterocycles. The fourth-order valence-electron chi connectivity index (χ4n) is 3.48. The summed E-state index contributed by atoms with van der Waals surface area (Å²) < 4.78 is 25.5. The number of fused-ring (bicyclic) bond motifs is 2. The van der Waals surface area contributed by atoms with E-state index in [2.05, 4.69) is 25.7 Å². The first-order valence-corrected chi connectivity index (χ1v) is 14.3. The average Bonchev–Trinajstić information content (AvgIpc) is 2.88. The number of hydrogen-bond donors (Lipinski definition) is 2. The zero-order chi connectivity index (χ0) is 27.8. The topological polar surface area (TPSA) is 111 Å². The molecule has 0 aromatic heterocycles. The van der Waals surface area contributed by atoms with Crippen molar-refractivity contribution in [1.29, 1.82) is 0 Å². The molecule has 10 heteroatoms. The molecule has 3 N–H and O–H groups in total. The minimum atomic E-state index is -0.436. The first kappa shape index (κ1) is 31.4. The van der Waals surface area contributed by atoms with E-state index < -0.39 is 5.91 Å². The van der Waals surface area contributed by atoms with E-state index in [1.807, 2.05) is 36.4 Å². The van der Waals surface area contributed by atoms with Crippen molar-refractivity contribution < 1.29 is 27.8 Å². The normalized spacial score (nSPS) is 11.4. The lowest BCUT2D eigenvalue weighted by atomic mass is 10.0. The number of anilines is 1. The Morgan fingerprint density at radius 3 is 2.29 bits per heavy atom. The molecule has 0 unspecified atom stereocenters. The molecule has 0 bridgehead atoms. The summed E-state index contributed by atoms with van der Waals surface area (Å²) >= 11 is 2.02. The molecule has 2 aromatic carbocycles. The van der Waals surface area contributed by atoms with E-state index in [1.165, 1.54) is 18.5 Å². The van der Waals surface area contributed by atoms with Gasteiger partial charge in [0, 0.05) is 30.0 Å². The second-order valence-corrected chi connectivity index (χ2v) is 9.92. The summed E-state index contributed by atoms with van der Waals surface area (Å²) in [5, 5.41) is 0. The first-order chi connectivity index (χ1) is 18.4. The lowest BCUT2D eigenvalue weighted by Crippen LogP contribution is -2.32. The van der Waals surface area contributed by atoms with Gasteiger partial charge in [-0.2, -0.15) is 0 Å². The first-order valence-electron chi connectivity index (χ1n) is 12.5. The second kappa shape index (κ2) is 17.6. The van der Waals surface area contributed by atoms with E-state index in [1.54, 1.807) is 12.0 Å². The van der Waals surface area contributed by atoms with Gasteiger partial charge in [-0.05, 0) is 66.4 Å². The molecule has 0 aliphatic carbocycles. The maximum atomic E-state index is 13.3. The lowest BCUT2D eigenvalue weighted by Gasteiger charge is -2.27. The highest BCUT2D eigenvalue weighted by Gasteiger charge is 2.22. The molecule has 8 nitrogen and oxygen atoms in total. The van der Waals surface area contributed by atoms with Crippen molar-refractivity contribution in [1.82, 2.24) is 0 Å². The van der Waals surface area contributed by atoms with Crippen molar-refractivity contribution in [3.63, 3.8) is 0 Å². The SMILES string of the molecule is CCC.COSCCOc1ccc2c(c1)N(C(=O)CCCC(N)=O)Cc1cc(OCCSO)ccc1C#C2. The number of nitrogens with zero attached hydrogens (tertiary/aromatic N) is 1. The van der Waals surface area contributed by atoms with Crippen LogP contribution in [0.5, 0.6) is 11.5 Å². The summed E-state index contributed by atoms with van der Waals surface area (Å²) in [6.45, 7) is 5.33. The van der Waals surface area contributed by atoms with Crippen LogP contribution in [-0.4, -0.2) is 48.2 Å². The van der Waals surface area contributed by atoms with Crippen molar-refractivity contribution in [3.8, 4) is 23.3 Å². The van der Waals surface area contributed by atoms with E-state index in [4.69, 9.17) is 23.9 Å². The Balaban J connectivity index is 0.00000161. The van der Waals surface area contributed by atoms with Gasteiger partial charge in [0.25, 0.3) is 0 Å². The van der Waals surface area contributed by atoms with Crippen LogP contribution in [0.3, 0.4) is 0 Å². The van der Waals surface area contributed by atoms with Crippen LogP contribution in [0.4, 0.5) is 5.69 Å². The van der Waals surface area contributed by atoms with Crippen molar-refractivity contribution in [2.45, 2.75) is 46.1 Å². The number of benzene rings is 2. The molecule has 0 fully saturated rings. The van der Waals surface area contributed by atoms with Crippen LogP contribution in [0.2, 0.25) is 0 Å². The number of hydrogen-bond acceptors (Lipinski definition) is 8. The van der Waals surface area contributed by atoms with Crippen LogP contribution in [0.15, 0.2) is 36.4 Å². The monoisotopic (exact) mass is 560 g/mol. The number of nitrogens with two attached hydrogens (primary N) is 1. The van der Waals surface area contributed by atoms with E-state index in [9.17, 15) is 9.59 Å². The molecule has 0 saturated carbocycles. The van der Waals surface area contributed by atoms with Crippen LogP contribution in [-0.2, 0) is 20.3 Å². The summed E-state index contributed by atoms with van der Waals surface area (Å²) in [5.41, 5.74) is 8.24. The van der Waals surface area contributed by atoms with E-state index in [0.29, 0.717) is 53.9 Å². The molecule has 38 heavy (non-hydrogen) atoms. The third-order valence-corrected chi connectivity index (χ3v) is 6.03. The number of amides is 2. The van der Waals surface area contributed by atoms with E-state index in [-0.39, 0.29) is 25.3 Å². The van der Waals surface area contributed by atoms with Crippen LogP contribution in [0.1, 0.15) is 56.2 Å². The quantitative estimate of drug-likeness (QED) is 0.194. The summed E-state index contributed by atoms with van der Waals surface area (Å²) in [6, 6.07) is 11.1. The van der Waals surface area contributed by atoms with Crippen molar-refractivity contribution >= 4 is 41.6 Å². The molecule has 206 valence electrons. The van der Waals surface area contributed by atoms with Gasteiger partial charge in [-0.1, -0.05) is 32.1 Å². The largest absolute Gasteiger partial charge is 0.493 e. The van der Waals surface area contributed by atoms with Crippen LogP contribution >= 0.6 is 24.1 Å². The number of ether oxygens (including phenoxy) is 2.